The Morgan fingerprint density at radius 1 is 1.28 bits per heavy atom. The van der Waals surface area contributed by atoms with E-state index in [1.807, 2.05) is 12.1 Å². The van der Waals surface area contributed by atoms with Crippen molar-refractivity contribution in [3.8, 4) is 5.75 Å². The first-order valence-electron chi connectivity index (χ1n) is 6.64. The molecule has 18 heavy (non-hydrogen) atoms. The summed E-state index contributed by atoms with van der Waals surface area (Å²) in [6.45, 7) is 10.2. The lowest BCUT2D eigenvalue weighted by Crippen LogP contribution is -2.37. The molecule has 102 valence electrons. The van der Waals surface area contributed by atoms with E-state index in [4.69, 9.17) is 16.3 Å². The van der Waals surface area contributed by atoms with E-state index in [0.29, 0.717) is 11.6 Å². The van der Waals surface area contributed by atoms with Crippen LogP contribution in [0.5, 0.6) is 5.75 Å². The van der Waals surface area contributed by atoms with Crippen molar-refractivity contribution in [3.05, 3.63) is 28.8 Å². The highest BCUT2D eigenvalue weighted by atomic mass is 35.5. The van der Waals surface area contributed by atoms with Crippen molar-refractivity contribution >= 4 is 11.6 Å². The van der Waals surface area contributed by atoms with Gasteiger partial charge in [-0.2, -0.15) is 0 Å². The quantitative estimate of drug-likeness (QED) is 0.792. The molecule has 3 heteroatoms. The first kappa shape index (κ1) is 15.3. The van der Waals surface area contributed by atoms with Crippen molar-refractivity contribution < 1.29 is 4.74 Å². The summed E-state index contributed by atoms with van der Waals surface area (Å²) >= 11 is 6.20. The largest absolute Gasteiger partial charge is 0.492 e. The molecule has 0 aromatic heterocycles. The second-order valence-corrected chi connectivity index (χ2v) is 5.61. The van der Waals surface area contributed by atoms with Crippen LogP contribution in [-0.2, 0) is 6.54 Å². The molecule has 2 nitrogen and oxygen atoms in total. The number of benzene rings is 1. The SMILES string of the molecule is CCCOc1ccc(CNC(C)(C)CC)cc1Cl. The highest BCUT2D eigenvalue weighted by Crippen LogP contribution is 2.25. The fourth-order valence-corrected chi connectivity index (χ4v) is 1.71. The Hall–Kier alpha value is -0.730. The molecule has 0 spiro atoms. The molecule has 0 atom stereocenters. The van der Waals surface area contributed by atoms with Crippen LogP contribution >= 0.6 is 11.6 Å². The van der Waals surface area contributed by atoms with Crippen molar-refractivity contribution in [2.24, 2.45) is 0 Å². The van der Waals surface area contributed by atoms with Crippen LogP contribution in [0.1, 0.15) is 46.1 Å². The molecular formula is C15H24ClNO. The molecule has 0 aliphatic carbocycles. The summed E-state index contributed by atoms with van der Waals surface area (Å²) in [7, 11) is 0. The monoisotopic (exact) mass is 269 g/mol. The fourth-order valence-electron chi connectivity index (χ4n) is 1.45. The average Bonchev–Trinajstić information content (AvgIpc) is 2.35. The Morgan fingerprint density at radius 2 is 2.00 bits per heavy atom. The predicted molar refractivity (Wildman–Crippen MR) is 78.4 cm³/mol. The van der Waals surface area contributed by atoms with Gasteiger partial charge in [0.1, 0.15) is 5.75 Å². The molecular weight excluding hydrogens is 246 g/mol. The van der Waals surface area contributed by atoms with Crippen molar-refractivity contribution in [3.63, 3.8) is 0 Å². The van der Waals surface area contributed by atoms with Gasteiger partial charge in [-0.3, -0.25) is 0 Å². The lowest BCUT2D eigenvalue weighted by atomic mass is 10.0. The zero-order valence-electron chi connectivity index (χ0n) is 11.8. The minimum Gasteiger partial charge on any atom is -0.492 e. The van der Waals surface area contributed by atoms with Crippen LogP contribution in [0.4, 0.5) is 0 Å². The van der Waals surface area contributed by atoms with Crippen LogP contribution in [0.3, 0.4) is 0 Å². The molecule has 1 N–H and O–H groups in total. The maximum absolute atomic E-state index is 6.20. The number of hydrogen-bond acceptors (Lipinski definition) is 2. The van der Waals surface area contributed by atoms with Gasteiger partial charge in [-0.15, -0.1) is 0 Å². The summed E-state index contributed by atoms with van der Waals surface area (Å²) in [4.78, 5) is 0. The number of ether oxygens (including phenoxy) is 1. The molecule has 1 aromatic rings. The molecule has 0 aliphatic rings. The van der Waals surface area contributed by atoms with Gasteiger partial charge in [-0.25, -0.2) is 0 Å². The molecule has 0 bridgehead atoms. The van der Waals surface area contributed by atoms with Gasteiger partial charge in [0.05, 0.1) is 11.6 Å². The molecule has 0 radical (unpaired) electrons. The van der Waals surface area contributed by atoms with Gasteiger partial charge in [-0.05, 0) is 44.4 Å². The molecule has 0 saturated heterocycles. The zero-order chi connectivity index (χ0) is 13.6. The number of halogens is 1. The first-order valence-corrected chi connectivity index (χ1v) is 7.02. The molecule has 0 amide bonds. The molecule has 0 unspecified atom stereocenters. The smallest absolute Gasteiger partial charge is 0.137 e. The standard InChI is InChI=1S/C15H24ClNO/c1-5-9-18-14-8-7-12(10-13(14)16)11-17-15(3,4)6-2/h7-8,10,17H,5-6,9,11H2,1-4H3. The van der Waals surface area contributed by atoms with Gasteiger partial charge < -0.3 is 10.1 Å². The van der Waals surface area contributed by atoms with E-state index in [1.165, 1.54) is 5.56 Å². The Balaban J connectivity index is 2.61. The third-order valence-corrected chi connectivity index (χ3v) is 3.41. The van der Waals surface area contributed by atoms with Crippen molar-refractivity contribution in [2.45, 2.75) is 52.6 Å². The molecule has 0 fully saturated rings. The lowest BCUT2D eigenvalue weighted by Gasteiger charge is -2.24. The normalized spacial score (nSPS) is 11.6. The van der Waals surface area contributed by atoms with Gasteiger partial charge >= 0.3 is 0 Å². The third-order valence-electron chi connectivity index (χ3n) is 3.11. The third kappa shape index (κ3) is 4.87. The summed E-state index contributed by atoms with van der Waals surface area (Å²) in [6, 6.07) is 5.99. The Labute approximate surface area is 116 Å². The van der Waals surface area contributed by atoms with Crippen LogP contribution in [0, 0.1) is 0 Å². The van der Waals surface area contributed by atoms with Crippen molar-refractivity contribution in [1.82, 2.24) is 5.32 Å². The summed E-state index contributed by atoms with van der Waals surface area (Å²) in [6.07, 6.45) is 2.09. The van der Waals surface area contributed by atoms with Crippen LogP contribution < -0.4 is 10.1 Å². The molecule has 1 aromatic carbocycles. The Kier molecular flexibility index (Phi) is 5.97. The molecule has 0 saturated carbocycles. The summed E-state index contributed by atoms with van der Waals surface area (Å²) in [5.74, 6) is 0.775. The number of nitrogens with one attached hydrogen (secondary N) is 1. The fraction of sp³-hybridized carbons (Fsp3) is 0.600. The highest BCUT2D eigenvalue weighted by Gasteiger charge is 2.13. The zero-order valence-corrected chi connectivity index (χ0v) is 12.6. The van der Waals surface area contributed by atoms with Gasteiger partial charge in [0.25, 0.3) is 0 Å². The van der Waals surface area contributed by atoms with Gasteiger partial charge in [-0.1, -0.05) is 31.5 Å². The van der Waals surface area contributed by atoms with Crippen molar-refractivity contribution in [2.75, 3.05) is 6.61 Å². The van der Waals surface area contributed by atoms with Crippen LogP contribution in [0.15, 0.2) is 18.2 Å². The second-order valence-electron chi connectivity index (χ2n) is 5.20. The molecule has 0 heterocycles. The average molecular weight is 270 g/mol. The van der Waals surface area contributed by atoms with Crippen LogP contribution in [0.2, 0.25) is 5.02 Å². The minimum atomic E-state index is 0.157. The van der Waals surface area contributed by atoms with E-state index in [9.17, 15) is 0 Å². The van der Waals surface area contributed by atoms with Crippen molar-refractivity contribution in [1.29, 1.82) is 0 Å². The number of hydrogen-bond donors (Lipinski definition) is 1. The topological polar surface area (TPSA) is 21.3 Å². The predicted octanol–water partition coefficient (Wildman–Crippen LogP) is 4.41. The van der Waals surface area contributed by atoms with E-state index >= 15 is 0 Å². The number of rotatable bonds is 7. The maximum Gasteiger partial charge on any atom is 0.137 e. The second kappa shape index (κ2) is 7.01. The van der Waals surface area contributed by atoms with Gasteiger partial charge in [0.2, 0.25) is 0 Å². The summed E-state index contributed by atoms with van der Waals surface area (Å²) in [5.41, 5.74) is 1.34. The van der Waals surface area contributed by atoms with Gasteiger partial charge in [0.15, 0.2) is 0 Å². The van der Waals surface area contributed by atoms with E-state index < -0.39 is 0 Å². The minimum absolute atomic E-state index is 0.157. The van der Waals surface area contributed by atoms with E-state index in [-0.39, 0.29) is 5.54 Å². The van der Waals surface area contributed by atoms with Crippen LogP contribution in [-0.4, -0.2) is 12.1 Å². The molecule has 1 rings (SSSR count). The Morgan fingerprint density at radius 3 is 2.56 bits per heavy atom. The summed E-state index contributed by atoms with van der Waals surface area (Å²) in [5, 5.41) is 4.21. The highest BCUT2D eigenvalue weighted by molar-refractivity contribution is 6.32. The van der Waals surface area contributed by atoms with E-state index in [2.05, 4.69) is 39.1 Å². The maximum atomic E-state index is 6.20. The first-order chi connectivity index (χ1) is 8.48. The van der Waals surface area contributed by atoms with Crippen LogP contribution in [0.25, 0.3) is 0 Å². The van der Waals surface area contributed by atoms with E-state index in [0.717, 1.165) is 25.1 Å². The lowest BCUT2D eigenvalue weighted by molar-refractivity contribution is 0.317. The Bertz CT molecular complexity index is 377. The molecule has 0 aliphatic heterocycles. The van der Waals surface area contributed by atoms with Gasteiger partial charge in [0, 0.05) is 12.1 Å². The van der Waals surface area contributed by atoms with E-state index in [1.54, 1.807) is 0 Å². The summed E-state index contributed by atoms with van der Waals surface area (Å²) < 4.78 is 5.56.